The van der Waals surface area contributed by atoms with Crippen LogP contribution in [0.1, 0.15) is 5.56 Å². The van der Waals surface area contributed by atoms with Gasteiger partial charge in [0.2, 0.25) is 0 Å². The molecule has 0 amide bonds. The highest BCUT2D eigenvalue weighted by Gasteiger charge is 2.03. The van der Waals surface area contributed by atoms with Crippen LogP contribution in [-0.2, 0) is 0 Å². The Morgan fingerprint density at radius 2 is 1.80 bits per heavy atom. The first-order chi connectivity index (χ1) is 7.24. The minimum absolute atomic E-state index is 0.781. The average molecular weight is 216 g/mol. The van der Waals surface area contributed by atoms with E-state index in [0.29, 0.717) is 0 Å². The second-order valence-corrected chi connectivity index (χ2v) is 4.30. The van der Waals surface area contributed by atoms with Crippen LogP contribution >= 0.6 is 11.6 Å². The molecule has 0 saturated heterocycles. The molecule has 1 nitrogen and oxygen atoms in total. The Hall–Kier alpha value is -1.47. The summed E-state index contributed by atoms with van der Waals surface area (Å²) < 4.78 is 0. The SMILES string of the molecule is Cc1ccc2c(c1)[nH]c1ccc(Cl)cc12. The minimum Gasteiger partial charge on any atom is -0.355 e. The number of hydrogen-bond donors (Lipinski definition) is 1. The largest absolute Gasteiger partial charge is 0.355 e. The van der Waals surface area contributed by atoms with Crippen molar-refractivity contribution in [3.05, 3.63) is 47.0 Å². The molecule has 74 valence electrons. The zero-order valence-electron chi connectivity index (χ0n) is 8.34. The number of benzene rings is 2. The molecule has 3 rings (SSSR count). The summed E-state index contributed by atoms with van der Waals surface area (Å²) in [5.74, 6) is 0. The summed E-state index contributed by atoms with van der Waals surface area (Å²) in [5.41, 5.74) is 3.58. The predicted molar refractivity (Wildman–Crippen MR) is 65.6 cm³/mol. The molecule has 2 aromatic carbocycles. The zero-order valence-corrected chi connectivity index (χ0v) is 9.10. The van der Waals surface area contributed by atoms with Crippen LogP contribution in [0.2, 0.25) is 5.02 Å². The van der Waals surface area contributed by atoms with Gasteiger partial charge >= 0.3 is 0 Å². The molecule has 0 radical (unpaired) electrons. The van der Waals surface area contributed by atoms with Gasteiger partial charge in [0, 0.05) is 26.8 Å². The number of fused-ring (bicyclic) bond motifs is 3. The second kappa shape index (κ2) is 3.01. The summed E-state index contributed by atoms with van der Waals surface area (Å²) in [6.07, 6.45) is 0. The van der Waals surface area contributed by atoms with E-state index >= 15 is 0 Å². The van der Waals surface area contributed by atoms with Crippen molar-refractivity contribution < 1.29 is 0 Å². The van der Waals surface area contributed by atoms with Crippen molar-refractivity contribution in [1.82, 2.24) is 4.98 Å². The van der Waals surface area contributed by atoms with Crippen LogP contribution in [0.4, 0.5) is 0 Å². The van der Waals surface area contributed by atoms with E-state index in [1.165, 1.54) is 21.9 Å². The van der Waals surface area contributed by atoms with Crippen molar-refractivity contribution in [3.63, 3.8) is 0 Å². The Morgan fingerprint density at radius 3 is 2.67 bits per heavy atom. The number of halogens is 1. The van der Waals surface area contributed by atoms with Gasteiger partial charge in [0.15, 0.2) is 0 Å². The van der Waals surface area contributed by atoms with E-state index in [-0.39, 0.29) is 0 Å². The molecule has 15 heavy (non-hydrogen) atoms. The number of aromatic nitrogens is 1. The van der Waals surface area contributed by atoms with Crippen molar-refractivity contribution >= 4 is 33.4 Å². The number of rotatable bonds is 0. The highest BCUT2D eigenvalue weighted by Crippen LogP contribution is 2.28. The molecule has 0 fully saturated rings. The molecule has 0 atom stereocenters. The van der Waals surface area contributed by atoms with E-state index < -0.39 is 0 Å². The fourth-order valence-electron chi connectivity index (χ4n) is 1.99. The normalized spacial score (nSPS) is 11.3. The molecule has 0 aliphatic carbocycles. The Balaban J connectivity index is 2.53. The number of H-pyrrole nitrogens is 1. The number of aromatic amines is 1. The summed E-state index contributed by atoms with van der Waals surface area (Å²) in [6, 6.07) is 12.4. The van der Waals surface area contributed by atoms with Crippen LogP contribution in [0.3, 0.4) is 0 Å². The van der Waals surface area contributed by atoms with Gasteiger partial charge in [-0.05, 0) is 36.8 Å². The Bertz CT molecular complexity index is 652. The highest BCUT2D eigenvalue weighted by atomic mass is 35.5. The molecule has 0 aliphatic heterocycles. The van der Waals surface area contributed by atoms with E-state index in [1.807, 2.05) is 18.2 Å². The third kappa shape index (κ3) is 1.31. The number of hydrogen-bond acceptors (Lipinski definition) is 0. The number of aryl methyl sites for hydroxylation is 1. The maximum Gasteiger partial charge on any atom is 0.0467 e. The van der Waals surface area contributed by atoms with E-state index in [2.05, 4.69) is 30.1 Å². The Morgan fingerprint density at radius 1 is 0.933 bits per heavy atom. The summed E-state index contributed by atoms with van der Waals surface area (Å²) in [7, 11) is 0. The minimum atomic E-state index is 0.781. The molecule has 0 unspecified atom stereocenters. The van der Waals surface area contributed by atoms with E-state index in [0.717, 1.165) is 10.5 Å². The van der Waals surface area contributed by atoms with Crippen LogP contribution < -0.4 is 0 Å². The third-order valence-corrected chi connectivity index (χ3v) is 2.95. The van der Waals surface area contributed by atoms with Crippen molar-refractivity contribution in [2.45, 2.75) is 6.92 Å². The van der Waals surface area contributed by atoms with Gasteiger partial charge in [0.05, 0.1) is 0 Å². The first kappa shape index (κ1) is 8.81. The quantitative estimate of drug-likeness (QED) is 0.576. The standard InChI is InChI=1S/C13H10ClN/c1-8-2-4-10-11-7-9(14)3-5-12(11)15-13(10)6-8/h2-7,15H,1H3. The van der Waals surface area contributed by atoms with Crippen molar-refractivity contribution in [3.8, 4) is 0 Å². The lowest BCUT2D eigenvalue weighted by molar-refractivity contribution is 1.47. The summed E-state index contributed by atoms with van der Waals surface area (Å²) in [4.78, 5) is 3.39. The molecule has 0 bridgehead atoms. The van der Waals surface area contributed by atoms with E-state index in [9.17, 15) is 0 Å². The lowest BCUT2D eigenvalue weighted by atomic mass is 10.1. The summed E-state index contributed by atoms with van der Waals surface area (Å²) in [5, 5.41) is 3.21. The van der Waals surface area contributed by atoms with E-state index in [1.54, 1.807) is 0 Å². The Kier molecular flexibility index (Phi) is 1.77. The van der Waals surface area contributed by atoms with Crippen molar-refractivity contribution in [2.75, 3.05) is 0 Å². The first-order valence-corrected chi connectivity index (χ1v) is 5.29. The molecule has 0 saturated carbocycles. The molecule has 3 aromatic rings. The second-order valence-electron chi connectivity index (χ2n) is 3.86. The fourth-order valence-corrected chi connectivity index (χ4v) is 2.16. The summed E-state index contributed by atoms with van der Waals surface area (Å²) >= 11 is 5.99. The van der Waals surface area contributed by atoms with Gasteiger partial charge in [0.1, 0.15) is 0 Å². The highest BCUT2D eigenvalue weighted by molar-refractivity contribution is 6.31. The lowest BCUT2D eigenvalue weighted by Crippen LogP contribution is -1.70. The molecule has 1 heterocycles. The molecule has 1 N–H and O–H groups in total. The number of nitrogens with one attached hydrogen (secondary N) is 1. The monoisotopic (exact) mass is 215 g/mol. The molecular formula is C13H10ClN. The van der Waals surface area contributed by atoms with Crippen LogP contribution in [0.5, 0.6) is 0 Å². The maximum absolute atomic E-state index is 5.99. The Labute approximate surface area is 92.7 Å². The summed E-state index contributed by atoms with van der Waals surface area (Å²) in [6.45, 7) is 2.10. The average Bonchev–Trinajstić information content (AvgIpc) is 2.54. The molecule has 1 aromatic heterocycles. The smallest absolute Gasteiger partial charge is 0.0467 e. The maximum atomic E-state index is 5.99. The lowest BCUT2D eigenvalue weighted by Gasteiger charge is -1.93. The van der Waals surface area contributed by atoms with Crippen molar-refractivity contribution in [2.24, 2.45) is 0 Å². The van der Waals surface area contributed by atoms with Crippen molar-refractivity contribution in [1.29, 1.82) is 0 Å². The predicted octanol–water partition coefficient (Wildman–Crippen LogP) is 4.28. The zero-order chi connectivity index (χ0) is 10.4. The van der Waals surface area contributed by atoms with Gasteiger partial charge < -0.3 is 4.98 Å². The van der Waals surface area contributed by atoms with Crippen LogP contribution in [0.15, 0.2) is 36.4 Å². The van der Waals surface area contributed by atoms with E-state index in [4.69, 9.17) is 11.6 Å². The van der Waals surface area contributed by atoms with Gasteiger partial charge in [0.25, 0.3) is 0 Å². The van der Waals surface area contributed by atoms with Gasteiger partial charge in [-0.2, -0.15) is 0 Å². The van der Waals surface area contributed by atoms with Crippen LogP contribution in [0.25, 0.3) is 21.8 Å². The first-order valence-electron chi connectivity index (χ1n) is 4.92. The molecule has 0 aliphatic rings. The molecule has 2 heteroatoms. The van der Waals surface area contributed by atoms with Gasteiger partial charge in [-0.15, -0.1) is 0 Å². The molecule has 0 spiro atoms. The third-order valence-electron chi connectivity index (χ3n) is 2.72. The van der Waals surface area contributed by atoms with Gasteiger partial charge in [-0.25, -0.2) is 0 Å². The van der Waals surface area contributed by atoms with Crippen LogP contribution in [-0.4, -0.2) is 4.98 Å². The topological polar surface area (TPSA) is 15.8 Å². The van der Waals surface area contributed by atoms with Crippen LogP contribution in [0, 0.1) is 6.92 Å². The van der Waals surface area contributed by atoms with Gasteiger partial charge in [-0.3, -0.25) is 0 Å². The fraction of sp³-hybridized carbons (Fsp3) is 0.0769. The molecular weight excluding hydrogens is 206 g/mol. The van der Waals surface area contributed by atoms with Gasteiger partial charge in [-0.1, -0.05) is 23.7 Å².